The van der Waals surface area contributed by atoms with Crippen LogP contribution in [0.3, 0.4) is 0 Å². The second-order valence-electron chi connectivity index (χ2n) is 8.08. The van der Waals surface area contributed by atoms with E-state index in [0.717, 1.165) is 29.3 Å². The number of benzene rings is 3. The summed E-state index contributed by atoms with van der Waals surface area (Å²) in [5, 5.41) is 2.00. The number of thioether (sulfide) groups is 1. The quantitative estimate of drug-likeness (QED) is 0.497. The van der Waals surface area contributed by atoms with E-state index in [4.69, 9.17) is 0 Å². The number of hydrogen-bond donors (Lipinski definition) is 1. The summed E-state index contributed by atoms with van der Waals surface area (Å²) in [6.45, 7) is 3.93. The number of amides is 2. The van der Waals surface area contributed by atoms with Gasteiger partial charge in [-0.25, -0.2) is 0 Å². The van der Waals surface area contributed by atoms with Crippen LogP contribution < -0.4 is 10.2 Å². The molecular weight excluding hydrogens is 482 g/mol. The summed E-state index contributed by atoms with van der Waals surface area (Å²) in [4.78, 5) is 27.3. The molecule has 4 rings (SSSR count). The smallest absolute Gasteiger partial charge is 0.284 e. The molecule has 0 saturated carbocycles. The fraction of sp³-hybridized carbons (Fsp3) is 0.192. The van der Waals surface area contributed by atoms with Crippen LogP contribution in [0.15, 0.2) is 88.2 Å². The summed E-state index contributed by atoms with van der Waals surface area (Å²) in [6, 6.07) is 22.5. The third-order valence-corrected chi connectivity index (χ3v) is 8.02. The van der Waals surface area contributed by atoms with Crippen molar-refractivity contribution in [2.24, 2.45) is 4.40 Å². The standard InChI is InChI=1S/C26H25N3O4S2/c1-3-19-11-15-22(16-12-19)35(32,33)28-26-29(21-7-5-4-6-8-21)25(31)23(34-26)17-24(30)27-20-13-9-18(2)10-14-20/h4-16,23H,3,17H2,1-2H3,(H,27,30)/t23-/m0/s1. The molecule has 3 aromatic carbocycles. The lowest BCUT2D eigenvalue weighted by atomic mass is 10.2. The predicted octanol–water partition coefficient (Wildman–Crippen LogP) is 4.78. The van der Waals surface area contributed by atoms with Gasteiger partial charge < -0.3 is 5.32 Å². The molecule has 1 heterocycles. The number of hydrogen-bond acceptors (Lipinski definition) is 5. The normalized spacial score (nSPS) is 17.1. The first kappa shape index (κ1) is 24.7. The second kappa shape index (κ2) is 10.5. The molecule has 1 atom stereocenters. The van der Waals surface area contributed by atoms with E-state index in [0.29, 0.717) is 11.4 Å². The van der Waals surface area contributed by atoms with Crippen LogP contribution in [0, 0.1) is 6.92 Å². The Morgan fingerprint density at radius 3 is 2.29 bits per heavy atom. The molecule has 1 aliphatic rings. The van der Waals surface area contributed by atoms with Gasteiger partial charge in [0.15, 0.2) is 5.17 Å². The predicted molar refractivity (Wildman–Crippen MR) is 140 cm³/mol. The second-order valence-corrected chi connectivity index (χ2v) is 10.9. The molecule has 1 saturated heterocycles. The molecule has 1 aliphatic heterocycles. The van der Waals surface area contributed by atoms with Crippen molar-refractivity contribution in [2.75, 3.05) is 10.2 Å². The van der Waals surface area contributed by atoms with Crippen molar-refractivity contribution >= 4 is 50.1 Å². The lowest BCUT2D eigenvalue weighted by Crippen LogP contribution is -2.33. The molecule has 0 aromatic heterocycles. The average molecular weight is 508 g/mol. The Morgan fingerprint density at radius 1 is 1.00 bits per heavy atom. The highest BCUT2D eigenvalue weighted by atomic mass is 32.2. The van der Waals surface area contributed by atoms with Crippen LogP contribution in [0.25, 0.3) is 0 Å². The van der Waals surface area contributed by atoms with Crippen molar-refractivity contribution in [3.05, 3.63) is 90.0 Å². The molecule has 1 fully saturated rings. The number of nitrogens with one attached hydrogen (secondary N) is 1. The number of rotatable bonds is 7. The Morgan fingerprint density at radius 2 is 1.66 bits per heavy atom. The van der Waals surface area contributed by atoms with E-state index in [-0.39, 0.29) is 22.4 Å². The molecule has 0 bridgehead atoms. The Hall–Kier alpha value is -3.43. The summed E-state index contributed by atoms with van der Waals surface area (Å²) in [6.07, 6.45) is 0.665. The van der Waals surface area contributed by atoms with Crippen LogP contribution in [0.2, 0.25) is 0 Å². The van der Waals surface area contributed by atoms with Gasteiger partial charge in [0, 0.05) is 12.1 Å². The molecule has 0 unspecified atom stereocenters. The number of aryl methyl sites for hydroxylation is 2. The lowest BCUT2D eigenvalue weighted by Gasteiger charge is -2.16. The van der Waals surface area contributed by atoms with Gasteiger partial charge in [0.05, 0.1) is 10.6 Å². The third kappa shape index (κ3) is 5.80. The number of sulfonamides is 1. The highest BCUT2D eigenvalue weighted by Gasteiger charge is 2.41. The van der Waals surface area contributed by atoms with Crippen molar-refractivity contribution in [1.29, 1.82) is 0 Å². The Kier molecular flexibility index (Phi) is 7.37. The van der Waals surface area contributed by atoms with Gasteiger partial charge in [-0.05, 0) is 55.3 Å². The highest BCUT2D eigenvalue weighted by molar-refractivity contribution is 8.16. The fourth-order valence-electron chi connectivity index (χ4n) is 3.54. The zero-order chi connectivity index (χ0) is 25.0. The zero-order valence-corrected chi connectivity index (χ0v) is 21.0. The summed E-state index contributed by atoms with van der Waals surface area (Å²) in [5.41, 5.74) is 3.19. The van der Waals surface area contributed by atoms with Gasteiger partial charge in [0.25, 0.3) is 10.0 Å². The summed E-state index contributed by atoms with van der Waals surface area (Å²) in [7, 11) is -4.06. The van der Waals surface area contributed by atoms with E-state index in [1.807, 2.05) is 26.0 Å². The number of carbonyl (C=O) groups is 2. The van der Waals surface area contributed by atoms with Gasteiger partial charge in [0.1, 0.15) is 5.25 Å². The Bertz CT molecular complexity index is 1350. The molecule has 35 heavy (non-hydrogen) atoms. The largest absolute Gasteiger partial charge is 0.326 e. The third-order valence-electron chi connectivity index (χ3n) is 5.48. The SMILES string of the molecule is CCc1ccc(S(=O)(=O)N=C2S[C@@H](CC(=O)Nc3ccc(C)cc3)C(=O)N2c2ccccc2)cc1. The molecule has 180 valence electrons. The van der Waals surface area contributed by atoms with Crippen LogP contribution in [0.5, 0.6) is 0 Å². The molecule has 0 radical (unpaired) electrons. The highest BCUT2D eigenvalue weighted by Crippen LogP contribution is 2.35. The van der Waals surface area contributed by atoms with Crippen molar-refractivity contribution in [2.45, 2.75) is 36.8 Å². The fourth-order valence-corrected chi connectivity index (χ4v) is 5.88. The first-order chi connectivity index (χ1) is 16.8. The minimum Gasteiger partial charge on any atom is -0.326 e. The maximum absolute atomic E-state index is 13.3. The van der Waals surface area contributed by atoms with Gasteiger partial charge >= 0.3 is 0 Å². The topological polar surface area (TPSA) is 95.9 Å². The zero-order valence-electron chi connectivity index (χ0n) is 19.3. The summed E-state index contributed by atoms with van der Waals surface area (Å²) in [5.74, 6) is -0.734. The van der Waals surface area contributed by atoms with E-state index >= 15 is 0 Å². The van der Waals surface area contributed by atoms with Gasteiger partial charge in [-0.2, -0.15) is 8.42 Å². The van der Waals surface area contributed by atoms with Crippen LogP contribution in [0.1, 0.15) is 24.5 Å². The maximum atomic E-state index is 13.3. The number of carbonyl (C=O) groups excluding carboxylic acids is 2. The lowest BCUT2D eigenvalue weighted by molar-refractivity contribution is -0.121. The van der Waals surface area contributed by atoms with E-state index in [2.05, 4.69) is 9.71 Å². The minimum atomic E-state index is -4.06. The van der Waals surface area contributed by atoms with Gasteiger partial charge in [-0.1, -0.05) is 66.7 Å². The van der Waals surface area contributed by atoms with Crippen LogP contribution in [0.4, 0.5) is 11.4 Å². The first-order valence-corrected chi connectivity index (χ1v) is 13.4. The Labute approximate surface area is 209 Å². The van der Waals surface area contributed by atoms with Gasteiger partial charge in [-0.3, -0.25) is 14.5 Å². The average Bonchev–Trinajstić information content (AvgIpc) is 3.14. The van der Waals surface area contributed by atoms with Crippen molar-refractivity contribution in [3.63, 3.8) is 0 Å². The monoisotopic (exact) mass is 507 g/mol. The van der Waals surface area contributed by atoms with Crippen molar-refractivity contribution in [1.82, 2.24) is 0 Å². The molecular formula is C26H25N3O4S2. The number of amidine groups is 1. The van der Waals surface area contributed by atoms with E-state index in [9.17, 15) is 18.0 Å². The molecule has 0 spiro atoms. The minimum absolute atomic E-state index is 0.0221. The Balaban J connectivity index is 1.61. The molecule has 1 N–H and O–H groups in total. The van der Waals surface area contributed by atoms with E-state index in [1.54, 1.807) is 54.6 Å². The van der Waals surface area contributed by atoms with Crippen LogP contribution >= 0.6 is 11.8 Å². The summed E-state index contributed by atoms with van der Waals surface area (Å²) < 4.78 is 30.1. The van der Waals surface area contributed by atoms with Gasteiger partial charge in [-0.15, -0.1) is 4.40 Å². The first-order valence-electron chi connectivity index (χ1n) is 11.1. The molecule has 7 nitrogen and oxygen atoms in total. The van der Waals surface area contributed by atoms with E-state index in [1.165, 1.54) is 17.0 Å². The van der Waals surface area contributed by atoms with Crippen molar-refractivity contribution < 1.29 is 18.0 Å². The van der Waals surface area contributed by atoms with Gasteiger partial charge in [0.2, 0.25) is 11.8 Å². The maximum Gasteiger partial charge on any atom is 0.284 e. The van der Waals surface area contributed by atoms with Crippen molar-refractivity contribution in [3.8, 4) is 0 Å². The molecule has 9 heteroatoms. The van der Waals surface area contributed by atoms with Crippen LogP contribution in [-0.4, -0.2) is 30.6 Å². The van der Waals surface area contributed by atoms with E-state index < -0.39 is 21.2 Å². The molecule has 0 aliphatic carbocycles. The molecule has 3 aromatic rings. The number of nitrogens with zero attached hydrogens (tertiary/aromatic N) is 2. The van der Waals surface area contributed by atoms with Crippen LogP contribution in [-0.2, 0) is 26.0 Å². The summed E-state index contributed by atoms with van der Waals surface area (Å²) >= 11 is 0.979. The number of anilines is 2. The number of para-hydroxylation sites is 1. The molecule has 2 amide bonds.